The lowest BCUT2D eigenvalue weighted by atomic mass is 10.2. The predicted octanol–water partition coefficient (Wildman–Crippen LogP) is 2.03. The van der Waals surface area contributed by atoms with E-state index >= 15 is 0 Å². The molecule has 3 N–H and O–H groups in total. The number of ether oxygens (including phenoxy) is 1. The van der Waals surface area contributed by atoms with E-state index in [2.05, 4.69) is 10.0 Å². The molecule has 0 aliphatic heterocycles. The summed E-state index contributed by atoms with van der Waals surface area (Å²) >= 11 is 0. The van der Waals surface area contributed by atoms with Gasteiger partial charge in [0.15, 0.2) is 6.61 Å². The molecule has 2 aromatic carbocycles. The van der Waals surface area contributed by atoms with Crippen molar-refractivity contribution in [3.8, 4) is 0 Å². The number of benzene rings is 2. The third-order valence-electron chi connectivity index (χ3n) is 3.99. The number of nitrogens with zero attached hydrogens (tertiary/aromatic N) is 1. The first-order valence-corrected chi connectivity index (χ1v) is 11.1. The number of carbonyl (C=O) groups is 3. The van der Waals surface area contributed by atoms with Crippen LogP contribution in [0.4, 0.5) is 16.2 Å². The van der Waals surface area contributed by atoms with Crippen LogP contribution in [0.25, 0.3) is 0 Å². The van der Waals surface area contributed by atoms with Gasteiger partial charge in [-0.2, -0.15) is 0 Å². The zero-order chi connectivity index (χ0) is 24.6. The van der Waals surface area contributed by atoms with Gasteiger partial charge in [0.25, 0.3) is 21.6 Å². The first-order chi connectivity index (χ1) is 15.5. The smallest absolute Gasteiger partial charge is 0.340 e. The number of amides is 3. The van der Waals surface area contributed by atoms with Crippen molar-refractivity contribution in [2.24, 2.45) is 5.92 Å². The van der Waals surface area contributed by atoms with Crippen LogP contribution in [0.3, 0.4) is 0 Å². The number of nitro benzene ring substituents is 1. The zero-order valence-electron chi connectivity index (χ0n) is 17.7. The number of nitro groups is 1. The van der Waals surface area contributed by atoms with E-state index in [1.807, 2.05) is 19.2 Å². The Morgan fingerprint density at radius 2 is 1.79 bits per heavy atom. The fourth-order valence-corrected chi connectivity index (χ4v) is 3.55. The van der Waals surface area contributed by atoms with Crippen LogP contribution < -0.4 is 15.4 Å². The van der Waals surface area contributed by atoms with Gasteiger partial charge < -0.3 is 10.1 Å². The van der Waals surface area contributed by atoms with Crippen LogP contribution in [-0.4, -0.2) is 44.4 Å². The summed E-state index contributed by atoms with van der Waals surface area (Å²) in [6.07, 6.45) is 0. The number of carbonyl (C=O) groups excluding carboxylic acids is 3. The van der Waals surface area contributed by atoms with Crippen LogP contribution >= 0.6 is 0 Å². The van der Waals surface area contributed by atoms with Gasteiger partial charge >= 0.3 is 12.0 Å². The Morgan fingerprint density at radius 1 is 1.09 bits per heavy atom. The van der Waals surface area contributed by atoms with Gasteiger partial charge in [-0.3, -0.25) is 24.9 Å². The van der Waals surface area contributed by atoms with E-state index < -0.39 is 45.1 Å². The molecule has 2 rings (SSSR count). The summed E-state index contributed by atoms with van der Waals surface area (Å²) in [6.45, 7) is 3.31. The number of hydrogen-bond acceptors (Lipinski definition) is 8. The molecular weight excluding hydrogens is 456 g/mol. The number of nitrogens with one attached hydrogen (secondary N) is 3. The molecule has 0 aliphatic rings. The van der Waals surface area contributed by atoms with Crippen LogP contribution in [0.15, 0.2) is 53.4 Å². The molecule has 0 saturated heterocycles. The van der Waals surface area contributed by atoms with Crippen molar-refractivity contribution in [3.63, 3.8) is 0 Å². The monoisotopic (exact) mass is 478 g/mol. The highest BCUT2D eigenvalue weighted by Gasteiger charge is 2.22. The highest BCUT2D eigenvalue weighted by molar-refractivity contribution is 7.92. The average Bonchev–Trinajstić information content (AvgIpc) is 2.76. The van der Waals surface area contributed by atoms with Crippen molar-refractivity contribution >= 4 is 39.3 Å². The third-order valence-corrected chi connectivity index (χ3v) is 5.35. The van der Waals surface area contributed by atoms with Crippen LogP contribution in [0.2, 0.25) is 0 Å². The summed E-state index contributed by atoms with van der Waals surface area (Å²) in [5.41, 5.74) is -0.790. The lowest BCUT2D eigenvalue weighted by Gasteiger charge is -2.12. The molecule has 3 amide bonds. The molecule has 0 atom stereocenters. The Bertz CT molecular complexity index is 1160. The number of para-hydroxylation sites is 1. The topological polar surface area (TPSA) is 174 Å². The molecule has 12 nitrogen and oxygen atoms in total. The molecule has 0 saturated carbocycles. The van der Waals surface area contributed by atoms with Crippen molar-refractivity contribution in [3.05, 3.63) is 64.2 Å². The number of hydrogen-bond donors (Lipinski definition) is 3. The SMILES string of the molecule is CC(C)CNC(=O)NC(=O)COC(=O)c1ccccc1NS(=O)(=O)c1cccc([N+](=O)[O-])c1. The first-order valence-electron chi connectivity index (χ1n) is 9.60. The third kappa shape index (κ3) is 7.57. The molecule has 0 fully saturated rings. The van der Waals surface area contributed by atoms with E-state index in [-0.39, 0.29) is 22.1 Å². The molecule has 0 aliphatic carbocycles. The molecule has 0 unspecified atom stereocenters. The van der Waals surface area contributed by atoms with E-state index in [0.29, 0.717) is 6.54 Å². The lowest BCUT2D eigenvalue weighted by molar-refractivity contribution is -0.385. The summed E-state index contributed by atoms with van der Waals surface area (Å²) in [5.74, 6) is -1.73. The average molecular weight is 478 g/mol. The van der Waals surface area contributed by atoms with Gasteiger partial charge in [0.1, 0.15) is 0 Å². The normalized spacial score (nSPS) is 10.9. The Kier molecular flexibility index (Phi) is 8.45. The van der Waals surface area contributed by atoms with Gasteiger partial charge in [-0.1, -0.05) is 32.0 Å². The molecule has 176 valence electrons. The Hall–Kier alpha value is -4.00. The summed E-state index contributed by atoms with van der Waals surface area (Å²) in [6, 6.07) is 9.08. The van der Waals surface area contributed by atoms with E-state index in [1.165, 1.54) is 30.3 Å². The highest BCUT2D eigenvalue weighted by atomic mass is 32.2. The molecule has 0 heterocycles. The summed E-state index contributed by atoms with van der Waals surface area (Å²) in [5, 5.41) is 15.4. The molecule has 0 aromatic heterocycles. The van der Waals surface area contributed by atoms with E-state index in [1.54, 1.807) is 0 Å². The molecule has 0 radical (unpaired) electrons. The summed E-state index contributed by atoms with van der Waals surface area (Å²) in [4.78, 5) is 45.6. The van der Waals surface area contributed by atoms with Crippen molar-refractivity contribution in [2.45, 2.75) is 18.7 Å². The van der Waals surface area contributed by atoms with Gasteiger partial charge in [0.2, 0.25) is 0 Å². The van der Waals surface area contributed by atoms with Gasteiger partial charge in [0.05, 0.1) is 21.1 Å². The first kappa shape index (κ1) is 25.3. The quantitative estimate of drug-likeness (QED) is 0.279. The maximum absolute atomic E-state index is 12.7. The number of non-ortho nitro benzene ring substituents is 1. The second kappa shape index (κ2) is 11.0. The second-order valence-corrected chi connectivity index (χ2v) is 8.82. The predicted molar refractivity (Wildman–Crippen MR) is 117 cm³/mol. The van der Waals surface area contributed by atoms with Crippen LogP contribution in [0, 0.1) is 16.0 Å². The molecule has 0 spiro atoms. The minimum atomic E-state index is -4.28. The molecular formula is C20H22N4O8S. The van der Waals surface area contributed by atoms with Crippen molar-refractivity contribution < 1.29 is 32.5 Å². The number of imide groups is 1. The molecule has 13 heteroatoms. The number of urea groups is 1. The maximum Gasteiger partial charge on any atom is 0.340 e. The second-order valence-electron chi connectivity index (χ2n) is 7.13. The van der Waals surface area contributed by atoms with Gasteiger partial charge in [-0.05, 0) is 24.1 Å². The van der Waals surface area contributed by atoms with Crippen LogP contribution in [0.5, 0.6) is 0 Å². The Balaban J connectivity index is 2.08. The Labute approximate surface area is 189 Å². The van der Waals surface area contributed by atoms with Gasteiger partial charge in [-0.15, -0.1) is 0 Å². The fourth-order valence-electron chi connectivity index (χ4n) is 2.43. The van der Waals surface area contributed by atoms with E-state index in [9.17, 15) is 32.9 Å². The largest absolute Gasteiger partial charge is 0.452 e. The number of rotatable bonds is 9. The Morgan fingerprint density at radius 3 is 2.45 bits per heavy atom. The van der Waals surface area contributed by atoms with Crippen LogP contribution in [0.1, 0.15) is 24.2 Å². The number of esters is 1. The van der Waals surface area contributed by atoms with Crippen molar-refractivity contribution in [2.75, 3.05) is 17.9 Å². The van der Waals surface area contributed by atoms with Gasteiger partial charge in [-0.25, -0.2) is 18.0 Å². The minimum Gasteiger partial charge on any atom is -0.452 e. The standard InChI is InChI=1S/C20H22N4O8S/c1-13(2)11-21-20(27)22-18(25)12-32-19(26)16-8-3-4-9-17(16)23-33(30,31)15-7-5-6-14(10-15)24(28)29/h3-10,13,23H,11-12H2,1-2H3,(H2,21,22,25,27). The maximum atomic E-state index is 12.7. The highest BCUT2D eigenvalue weighted by Crippen LogP contribution is 2.23. The number of sulfonamides is 1. The number of anilines is 1. The summed E-state index contributed by atoms with van der Waals surface area (Å²) < 4.78 is 32.4. The lowest BCUT2D eigenvalue weighted by Crippen LogP contribution is -2.42. The minimum absolute atomic E-state index is 0.163. The summed E-state index contributed by atoms with van der Waals surface area (Å²) in [7, 11) is -4.28. The van der Waals surface area contributed by atoms with E-state index in [4.69, 9.17) is 4.74 Å². The van der Waals surface area contributed by atoms with E-state index in [0.717, 1.165) is 18.2 Å². The van der Waals surface area contributed by atoms with Gasteiger partial charge in [0, 0.05) is 18.7 Å². The fraction of sp³-hybridized carbons (Fsp3) is 0.250. The molecule has 0 bridgehead atoms. The zero-order valence-corrected chi connectivity index (χ0v) is 18.5. The van der Waals surface area contributed by atoms with Crippen LogP contribution in [-0.2, 0) is 19.6 Å². The molecule has 2 aromatic rings. The molecule has 33 heavy (non-hydrogen) atoms. The van der Waals surface area contributed by atoms with Crippen molar-refractivity contribution in [1.29, 1.82) is 0 Å². The van der Waals surface area contributed by atoms with Crippen molar-refractivity contribution in [1.82, 2.24) is 10.6 Å².